The lowest BCUT2D eigenvalue weighted by atomic mass is 10.1. The van der Waals surface area contributed by atoms with E-state index in [0.29, 0.717) is 6.54 Å². The van der Waals surface area contributed by atoms with Gasteiger partial charge in [0.2, 0.25) is 0 Å². The third-order valence-corrected chi connectivity index (χ3v) is 2.83. The van der Waals surface area contributed by atoms with Crippen LogP contribution in [0.3, 0.4) is 0 Å². The molecule has 1 aromatic carbocycles. The van der Waals surface area contributed by atoms with Crippen molar-refractivity contribution < 1.29 is 13.2 Å². The minimum atomic E-state index is -4.29. The van der Waals surface area contributed by atoms with Crippen molar-refractivity contribution in [3.8, 4) is 0 Å². The van der Waals surface area contributed by atoms with Gasteiger partial charge in [-0.3, -0.25) is 0 Å². The number of alkyl halides is 3. The molecule has 0 amide bonds. The summed E-state index contributed by atoms with van der Waals surface area (Å²) >= 11 is 0. The summed E-state index contributed by atoms with van der Waals surface area (Å²) in [5.41, 5.74) is -0.404. The number of unbranched alkanes of at least 4 members (excludes halogenated alkanes) is 4. The molecule has 0 spiro atoms. The molecule has 102 valence electrons. The van der Waals surface area contributed by atoms with Crippen LogP contribution in [0.15, 0.2) is 24.3 Å². The first-order valence-corrected chi connectivity index (χ1v) is 6.45. The molecular weight excluding hydrogens is 239 g/mol. The van der Waals surface area contributed by atoms with Crippen molar-refractivity contribution in [2.45, 2.75) is 45.2 Å². The summed E-state index contributed by atoms with van der Waals surface area (Å²) in [4.78, 5) is 0. The van der Waals surface area contributed by atoms with Crippen LogP contribution in [-0.4, -0.2) is 6.54 Å². The van der Waals surface area contributed by atoms with Crippen molar-refractivity contribution in [2.75, 3.05) is 11.9 Å². The normalized spacial score (nSPS) is 11.6. The van der Waals surface area contributed by atoms with E-state index in [4.69, 9.17) is 0 Å². The molecule has 0 atom stereocenters. The molecule has 4 heteroatoms. The third-order valence-electron chi connectivity index (χ3n) is 2.83. The highest BCUT2D eigenvalue weighted by Crippen LogP contribution is 2.34. The third kappa shape index (κ3) is 4.98. The Kier molecular flexibility index (Phi) is 6.02. The number of hydrogen-bond donors (Lipinski definition) is 1. The van der Waals surface area contributed by atoms with Crippen LogP contribution in [0, 0.1) is 0 Å². The fourth-order valence-corrected chi connectivity index (χ4v) is 1.84. The van der Waals surface area contributed by atoms with Gasteiger partial charge in [-0.25, -0.2) is 0 Å². The van der Waals surface area contributed by atoms with Gasteiger partial charge in [0.05, 0.1) is 5.56 Å². The molecule has 18 heavy (non-hydrogen) atoms. The van der Waals surface area contributed by atoms with E-state index < -0.39 is 11.7 Å². The molecule has 0 fully saturated rings. The summed E-state index contributed by atoms with van der Waals surface area (Å²) in [5.74, 6) is 0. The van der Waals surface area contributed by atoms with Crippen LogP contribution in [0.2, 0.25) is 0 Å². The Hall–Kier alpha value is -1.19. The molecule has 0 aliphatic carbocycles. The minimum absolute atomic E-state index is 0.181. The Morgan fingerprint density at radius 3 is 2.33 bits per heavy atom. The maximum Gasteiger partial charge on any atom is 0.418 e. The Bertz CT molecular complexity index is 347. The molecule has 1 aromatic rings. The molecule has 0 saturated carbocycles. The van der Waals surface area contributed by atoms with E-state index in [1.807, 2.05) is 0 Å². The highest BCUT2D eigenvalue weighted by atomic mass is 19.4. The Morgan fingerprint density at radius 1 is 1.00 bits per heavy atom. The van der Waals surface area contributed by atoms with Crippen molar-refractivity contribution in [3.63, 3.8) is 0 Å². The highest BCUT2D eigenvalue weighted by molar-refractivity contribution is 5.52. The largest absolute Gasteiger partial charge is 0.418 e. The zero-order chi connectivity index (χ0) is 13.4. The van der Waals surface area contributed by atoms with Crippen LogP contribution in [0.1, 0.15) is 44.6 Å². The molecule has 0 bridgehead atoms. The number of halogens is 3. The van der Waals surface area contributed by atoms with Crippen LogP contribution in [0.4, 0.5) is 18.9 Å². The number of benzene rings is 1. The topological polar surface area (TPSA) is 12.0 Å². The summed E-state index contributed by atoms with van der Waals surface area (Å²) in [6.45, 7) is 2.73. The minimum Gasteiger partial charge on any atom is -0.385 e. The fraction of sp³-hybridized carbons (Fsp3) is 0.571. The SMILES string of the molecule is CCCCCCCNc1ccccc1C(F)(F)F. The molecule has 0 saturated heterocycles. The first-order chi connectivity index (χ1) is 8.55. The van der Waals surface area contributed by atoms with Gasteiger partial charge in [-0.2, -0.15) is 13.2 Å². The zero-order valence-corrected chi connectivity index (χ0v) is 10.7. The van der Waals surface area contributed by atoms with E-state index in [-0.39, 0.29) is 5.69 Å². The average molecular weight is 259 g/mol. The van der Waals surface area contributed by atoms with Crippen LogP contribution >= 0.6 is 0 Å². The smallest absolute Gasteiger partial charge is 0.385 e. The highest BCUT2D eigenvalue weighted by Gasteiger charge is 2.32. The van der Waals surface area contributed by atoms with Gasteiger partial charge in [0.25, 0.3) is 0 Å². The molecule has 0 aromatic heterocycles. The van der Waals surface area contributed by atoms with Crippen molar-refractivity contribution in [2.24, 2.45) is 0 Å². The van der Waals surface area contributed by atoms with Crippen LogP contribution in [0.25, 0.3) is 0 Å². The van der Waals surface area contributed by atoms with E-state index in [0.717, 1.165) is 25.3 Å². The molecule has 0 aliphatic heterocycles. The summed E-state index contributed by atoms with van der Waals surface area (Å²) in [7, 11) is 0. The number of para-hydroxylation sites is 1. The maximum atomic E-state index is 12.7. The van der Waals surface area contributed by atoms with E-state index in [9.17, 15) is 13.2 Å². The predicted octanol–water partition coefficient (Wildman–Crippen LogP) is 5.09. The molecule has 1 N–H and O–H groups in total. The second-order valence-electron chi connectivity index (χ2n) is 4.38. The number of nitrogens with one attached hydrogen (secondary N) is 1. The molecular formula is C14H20F3N. The van der Waals surface area contributed by atoms with Crippen molar-refractivity contribution in [3.05, 3.63) is 29.8 Å². The van der Waals surface area contributed by atoms with Crippen LogP contribution in [0.5, 0.6) is 0 Å². The van der Waals surface area contributed by atoms with Gasteiger partial charge >= 0.3 is 6.18 Å². The summed E-state index contributed by atoms with van der Waals surface area (Å²) < 4.78 is 38.1. The number of rotatable bonds is 7. The van der Waals surface area contributed by atoms with E-state index >= 15 is 0 Å². The van der Waals surface area contributed by atoms with Crippen molar-refractivity contribution in [1.82, 2.24) is 0 Å². The lowest BCUT2D eigenvalue weighted by molar-refractivity contribution is -0.136. The second kappa shape index (κ2) is 7.29. The molecule has 1 nitrogen and oxygen atoms in total. The summed E-state index contributed by atoms with van der Waals surface area (Å²) in [6, 6.07) is 5.62. The Balaban J connectivity index is 2.43. The lowest BCUT2D eigenvalue weighted by Gasteiger charge is -2.14. The molecule has 0 unspecified atom stereocenters. The quantitative estimate of drug-likeness (QED) is 0.673. The first kappa shape index (κ1) is 14.9. The Morgan fingerprint density at radius 2 is 1.67 bits per heavy atom. The van der Waals surface area contributed by atoms with Gasteiger partial charge in [-0.05, 0) is 18.6 Å². The van der Waals surface area contributed by atoms with Gasteiger partial charge in [-0.15, -0.1) is 0 Å². The fourth-order valence-electron chi connectivity index (χ4n) is 1.84. The average Bonchev–Trinajstić information content (AvgIpc) is 2.33. The standard InChI is InChI=1S/C14H20F3N/c1-2-3-4-5-8-11-18-13-10-7-6-9-12(13)14(15,16)17/h6-7,9-10,18H,2-5,8,11H2,1H3. The van der Waals surface area contributed by atoms with E-state index in [2.05, 4.69) is 12.2 Å². The zero-order valence-electron chi connectivity index (χ0n) is 10.7. The number of anilines is 1. The molecule has 1 rings (SSSR count). The van der Waals surface area contributed by atoms with Crippen molar-refractivity contribution in [1.29, 1.82) is 0 Å². The van der Waals surface area contributed by atoms with Gasteiger partial charge in [0, 0.05) is 12.2 Å². The van der Waals surface area contributed by atoms with Gasteiger partial charge in [-0.1, -0.05) is 44.7 Å². The van der Waals surface area contributed by atoms with E-state index in [1.165, 1.54) is 25.0 Å². The van der Waals surface area contributed by atoms with Crippen LogP contribution in [-0.2, 0) is 6.18 Å². The molecule has 0 aliphatic rings. The van der Waals surface area contributed by atoms with Gasteiger partial charge in [0.15, 0.2) is 0 Å². The molecule has 0 radical (unpaired) electrons. The van der Waals surface area contributed by atoms with Crippen molar-refractivity contribution >= 4 is 5.69 Å². The maximum absolute atomic E-state index is 12.7. The summed E-state index contributed by atoms with van der Waals surface area (Å²) in [5, 5.41) is 2.88. The first-order valence-electron chi connectivity index (χ1n) is 6.45. The van der Waals surface area contributed by atoms with E-state index in [1.54, 1.807) is 6.07 Å². The second-order valence-corrected chi connectivity index (χ2v) is 4.38. The van der Waals surface area contributed by atoms with Gasteiger partial charge in [0.1, 0.15) is 0 Å². The predicted molar refractivity (Wildman–Crippen MR) is 68.7 cm³/mol. The lowest BCUT2D eigenvalue weighted by Crippen LogP contribution is -2.11. The molecule has 0 heterocycles. The monoisotopic (exact) mass is 259 g/mol. The Labute approximate surface area is 106 Å². The van der Waals surface area contributed by atoms with Crippen LogP contribution < -0.4 is 5.32 Å². The van der Waals surface area contributed by atoms with Gasteiger partial charge < -0.3 is 5.32 Å². The number of hydrogen-bond acceptors (Lipinski definition) is 1. The summed E-state index contributed by atoms with van der Waals surface area (Å²) in [6.07, 6.45) is 1.20.